The fourth-order valence-electron chi connectivity index (χ4n) is 1.47. The first-order valence-corrected chi connectivity index (χ1v) is 5.72. The lowest BCUT2D eigenvalue weighted by molar-refractivity contribution is -0.125. The third kappa shape index (κ3) is 3.73. The van der Waals surface area contributed by atoms with E-state index in [1.807, 2.05) is 0 Å². The summed E-state index contributed by atoms with van der Waals surface area (Å²) in [7, 11) is 1.70. The molecule has 0 N–H and O–H groups in total. The van der Waals surface area contributed by atoms with Gasteiger partial charge in [-0.25, -0.2) is 4.79 Å². The van der Waals surface area contributed by atoms with Gasteiger partial charge in [-0.15, -0.1) is 0 Å². The van der Waals surface area contributed by atoms with Crippen molar-refractivity contribution in [1.29, 1.82) is 0 Å². The summed E-state index contributed by atoms with van der Waals surface area (Å²) in [6.07, 6.45) is 1.27. The molecule has 0 aliphatic carbocycles. The van der Waals surface area contributed by atoms with E-state index in [1.165, 1.54) is 6.08 Å². The molecule has 1 amide bonds. The van der Waals surface area contributed by atoms with Crippen LogP contribution < -0.4 is 0 Å². The van der Waals surface area contributed by atoms with E-state index in [2.05, 4.69) is 6.58 Å². The monoisotopic (exact) mass is 247 g/mol. The van der Waals surface area contributed by atoms with Crippen LogP contribution >= 0.6 is 0 Å². The van der Waals surface area contributed by atoms with Crippen LogP contribution in [0.25, 0.3) is 0 Å². The van der Waals surface area contributed by atoms with Crippen LogP contribution in [-0.2, 0) is 16.1 Å². The maximum atomic E-state index is 11.4. The largest absolute Gasteiger partial charge is 0.462 e. The Morgan fingerprint density at radius 3 is 2.44 bits per heavy atom. The summed E-state index contributed by atoms with van der Waals surface area (Å²) in [5.74, 6) is -0.468. The lowest BCUT2D eigenvalue weighted by atomic mass is 10.1. The molecule has 0 fully saturated rings. The molecule has 0 spiro atoms. The predicted octanol–water partition coefficient (Wildman–Crippen LogP) is 2.01. The zero-order valence-corrected chi connectivity index (χ0v) is 10.7. The van der Waals surface area contributed by atoms with Crippen molar-refractivity contribution in [3.8, 4) is 0 Å². The number of nitrogens with zero attached hydrogens (tertiary/aromatic N) is 1. The summed E-state index contributed by atoms with van der Waals surface area (Å²) >= 11 is 0. The number of hydrogen-bond donors (Lipinski definition) is 0. The maximum absolute atomic E-state index is 11.4. The molecule has 0 aliphatic rings. The van der Waals surface area contributed by atoms with Gasteiger partial charge in [0.1, 0.15) is 0 Å². The molecule has 1 aromatic rings. The molecule has 1 aromatic carbocycles. The minimum atomic E-state index is -0.334. The Labute approximate surface area is 107 Å². The van der Waals surface area contributed by atoms with Gasteiger partial charge in [-0.1, -0.05) is 18.7 Å². The summed E-state index contributed by atoms with van der Waals surface area (Å²) in [5, 5.41) is 0. The van der Waals surface area contributed by atoms with E-state index in [1.54, 1.807) is 43.1 Å². The van der Waals surface area contributed by atoms with Gasteiger partial charge in [0.05, 0.1) is 12.2 Å². The highest BCUT2D eigenvalue weighted by Crippen LogP contribution is 2.08. The molecule has 0 saturated carbocycles. The van der Waals surface area contributed by atoms with E-state index in [4.69, 9.17) is 4.74 Å². The quantitative estimate of drug-likeness (QED) is 0.590. The Bertz CT molecular complexity index is 437. The van der Waals surface area contributed by atoms with Crippen molar-refractivity contribution < 1.29 is 14.3 Å². The van der Waals surface area contributed by atoms with Crippen molar-refractivity contribution >= 4 is 11.9 Å². The first kappa shape index (κ1) is 14.0. The Morgan fingerprint density at radius 1 is 1.33 bits per heavy atom. The highest BCUT2D eigenvalue weighted by Gasteiger charge is 2.08. The predicted molar refractivity (Wildman–Crippen MR) is 69.1 cm³/mol. The average molecular weight is 247 g/mol. The molecule has 0 radical (unpaired) electrons. The van der Waals surface area contributed by atoms with Gasteiger partial charge >= 0.3 is 5.97 Å². The second kappa shape index (κ2) is 6.59. The number of carbonyl (C=O) groups is 2. The van der Waals surface area contributed by atoms with Gasteiger partial charge in [-0.3, -0.25) is 4.79 Å². The van der Waals surface area contributed by atoms with Crippen LogP contribution in [0.15, 0.2) is 36.9 Å². The Morgan fingerprint density at radius 2 is 1.94 bits per heavy atom. The lowest BCUT2D eigenvalue weighted by Gasteiger charge is -2.15. The van der Waals surface area contributed by atoms with Crippen molar-refractivity contribution in [3.05, 3.63) is 48.0 Å². The Hall–Kier alpha value is -2.10. The SMILES string of the molecule is C=CC(=O)N(C)Cc1ccc(C(=O)OCC)cc1. The molecule has 1 rings (SSSR count). The number of likely N-dealkylation sites (N-methyl/N-ethyl adjacent to an activating group) is 1. The normalized spacial score (nSPS) is 9.67. The van der Waals surface area contributed by atoms with Gasteiger partial charge in [-0.2, -0.15) is 0 Å². The average Bonchev–Trinajstić information content (AvgIpc) is 2.38. The Balaban J connectivity index is 2.68. The van der Waals surface area contributed by atoms with Gasteiger partial charge in [0, 0.05) is 13.6 Å². The summed E-state index contributed by atoms with van der Waals surface area (Å²) in [6.45, 7) is 6.03. The topological polar surface area (TPSA) is 46.6 Å². The number of amides is 1. The molecule has 0 heterocycles. The molecule has 0 aromatic heterocycles. The smallest absolute Gasteiger partial charge is 0.338 e. The zero-order valence-electron chi connectivity index (χ0n) is 10.7. The molecule has 0 atom stereocenters. The number of hydrogen-bond acceptors (Lipinski definition) is 3. The summed E-state index contributed by atoms with van der Waals surface area (Å²) < 4.78 is 4.89. The maximum Gasteiger partial charge on any atom is 0.338 e. The molecular weight excluding hydrogens is 230 g/mol. The molecule has 0 unspecified atom stereocenters. The van der Waals surface area contributed by atoms with Crippen molar-refractivity contribution in [3.63, 3.8) is 0 Å². The van der Waals surface area contributed by atoms with E-state index >= 15 is 0 Å². The summed E-state index contributed by atoms with van der Waals surface area (Å²) in [6, 6.07) is 7.00. The number of carbonyl (C=O) groups excluding carboxylic acids is 2. The van der Waals surface area contributed by atoms with E-state index < -0.39 is 0 Å². The second-order valence-corrected chi connectivity index (χ2v) is 3.82. The molecule has 0 saturated heterocycles. The molecule has 18 heavy (non-hydrogen) atoms. The zero-order chi connectivity index (χ0) is 13.5. The van der Waals surface area contributed by atoms with Gasteiger partial charge < -0.3 is 9.64 Å². The summed E-state index contributed by atoms with van der Waals surface area (Å²) in [5.41, 5.74) is 1.46. The van der Waals surface area contributed by atoms with Crippen molar-refractivity contribution in [2.75, 3.05) is 13.7 Å². The first-order valence-electron chi connectivity index (χ1n) is 5.72. The standard InChI is InChI=1S/C14H17NO3/c1-4-13(16)15(3)10-11-6-8-12(9-7-11)14(17)18-5-2/h4,6-9H,1,5,10H2,2-3H3. The fraction of sp³-hybridized carbons (Fsp3) is 0.286. The molecule has 0 aliphatic heterocycles. The second-order valence-electron chi connectivity index (χ2n) is 3.82. The van der Waals surface area contributed by atoms with Gasteiger partial charge in [0.2, 0.25) is 5.91 Å². The number of benzene rings is 1. The molecular formula is C14H17NO3. The van der Waals surface area contributed by atoms with Crippen LogP contribution in [0.3, 0.4) is 0 Å². The highest BCUT2D eigenvalue weighted by molar-refractivity contribution is 5.89. The van der Waals surface area contributed by atoms with E-state index in [0.717, 1.165) is 5.56 Å². The Kier molecular flexibility index (Phi) is 5.11. The first-order chi connectivity index (χ1) is 8.58. The van der Waals surface area contributed by atoms with Crippen molar-refractivity contribution in [1.82, 2.24) is 4.90 Å². The minimum Gasteiger partial charge on any atom is -0.462 e. The fourth-order valence-corrected chi connectivity index (χ4v) is 1.47. The van der Waals surface area contributed by atoms with Crippen molar-refractivity contribution in [2.45, 2.75) is 13.5 Å². The van der Waals surface area contributed by atoms with Crippen LogP contribution in [-0.4, -0.2) is 30.4 Å². The third-order valence-electron chi connectivity index (χ3n) is 2.44. The highest BCUT2D eigenvalue weighted by atomic mass is 16.5. The molecule has 96 valence electrons. The van der Waals surface area contributed by atoms with Crippen LogP contribution in [0.5, 0.6) is 0 Å². The molecule has 4 heteroatoms. The minimum absolute atomic E-state index is 0.135. The van der Waals surface area contributed by atoms with Gasteiger partial charge in [-0.05, 0) is 30.7 Å². The van der Waals surface area contributed by atoms with E-state index in [-0.39, 0.29) is 11.9 Å². The van der Waals surface area contributed by atoms with E-state index in [0.29, 0.717) is 18.7 Å². The number of ether oxygens (including phenoxy) is 1. The van der Waals surface area contributed by atoms with Crippen LogP contribution in [0, 0.1) is 0 Å². The molecule has 0 bridgehead atoms. The third-order valence-corrected chi connectivity index (χ3v) is 2.44. The van der Waals surface area contributed by atoms with Crippen molar-refractivity contribution in [2.24, 2.45) is 0 Å². The van der Waals surface area contributed by atoms with Gasteiger partial charge in [0.25, 0.3) is 0 Å². The summed E-state index contributed by atoms with van der Waals surface area (Å²) in [4.78, 5) is 24.3. The van der Waals surface area contributed by atoms with Gasteiger partial charge in [0.15, 0.2) is 0 Å². The number of esters is 1. The lowest BCUT2D eigenvalue weighted by Crippen LogP contribution is -2.23. The van der Waals surface area contributed by atoms with Crippen LogP contribution in [0.2, 0.25) is 0 Å². The van der Waals surface area contributed by atoms with Crippen LogP contribution in [0.4, 0.5) is 0 Å². The molecule has 4 nitrogen and oxygen atoms in total. The van der Waals surface area contributed by atoms with E-state index in [9.17, 15) is 9.59 Å². The number of rotatable bonds is 5. The van der Waals surface area contributed by atoms with Crippen LogP contribution in [0.1, 0.15) is 22.8 Å².